The number of carbonyl (C=O) groups is 2. The number of fused-ring (bicyclic) bond motifs is 2. The normalized spacial score (nSPS) is 16.5. The molecular weight excluding hydrogens is 331 g/mol. The Kier molecular flexibility index (Phi) is 4.07. The van der Waals surface area contributed by atoms with Crippen molar-refractivity contribution in [3.05, 3.63) is 65.6 Å². The zero-order chi connectivity index (χ0) is 18.3. The van der Waals surface area contributed by atoms with E-state index >= 15 is 0 Å². The number of hydrogen-bond acceptors (Lipinski definition) is 2. The fourth-order valence-corrected chi connectivity index (χ4v) is 3.82. The number of benzene rings is 2. The number of nitrogens with zero attached hydrogens (tertiary/aromatic N) is 2. The molecule has 1 aliphatic rings. The summed E-state index contributed by atoms with van der Waals surface area (Å²) in [4.78, 5) is 26.2. The van der Waals surface area contributed by atoms with E-state index in [-0.39, 0.29) is 24.3 Å². The lowest BCUT2D eigenvalue weighted by atomic mass is 9.96. The minimum absolute atomic E-state index is 0.0489. The van der Waals surface area contributed by atoms with Crippen LogP contribution in [-0.4, -0.2) is 22.8 Å². The van der Waals surface area contributed by atoms with Gasteiger partial charge in [-0.25, -0.2) is 4.39 Å². The third kappa shape index (κ3) is 2.69. The predicted octanol–water partition coefficient (Wildman–Crippen LogP) is 3.96. The second-order valence-electron chi connectivity index (χ2n) is 6.77. The lowest BCUT2D eigenvalue weighted by Gasteiger charge is -2.35. The van der Waals surface area contributed by atoms with Crippen molar-refractivity contribution in [1.29, 1.82) is 0 Å². The molecule has 132 valence electrons. The molecule has 2 aromatic carbocycles. The highest BCUT2D eigenvalue weighted by atomic mass is 19.1. The molecule has 4 nitrogen and oxygen atoms in total. The number of aryl methyl sites for hydroxylation is 1. The Morgan fingerprint density at radius 2 is 2.08 bits per heavy atom. The molecule has 0 fully saturated rings. The molecule has 1 atom stereocenters. The highest BCUT2D eigenvalue weighted by Gasteiger charge is 2.28. The van der Waals surface area contributed by atoms with Crippen molar-refractivity contribution in [2.24, 2.45) is 0 Å². The van der Waals surface area contributed by atoms with Gasteiger partial charge in [-0.05, 0) is 49.6 Å². The van der Waals surface area contributed by atoms with Crippen LogP contribution in [0.15, 0.2) is 48.7 Å². The van der Waals surface area contributed by atoms with E-state index in [4.69, 9.17) is 0 Å². The van der Waals surface area contributed by atoms with Crippen LogP contribution >= 0.6 is 0 Å². The minimum Gasteiger partial charge on any atom is -0.337 e. The molecule has 2 heterocycles. The molecule has 1 aromatic heterocycles. The quantitative estimate of drug-likeness (QED) is 0.671. The van der Waals surface area contributed by atoms with Gasteiger partial charge in [-0.15, -0.1) is 0 Å². The van der Waals surface area contributed by atoms with Gasteiger partial charge in [0.05, 0.1) is 0 Å². The number of hydrogen-bond donors (Lipinski definition) is 0. The Labute approximate surface area is 150 Å². The van der Waals surface area contributed by atoms with E-state index in [1.54, 1.807) is 17.2 Å². The van der Waals surface area contributed by atoms with E-state index in [2.05, 4.69) is 0 Å². The number of rotatable bonds is 3. The topological polar surface area (TPSA) is 42.3 Å². The summed E-state index contributed by atoms with van der Waals surface area (Å²) < 4.78 is 15.4. The molecule has 0 radical (unpaired) electrons. The molecule has 0 unspecified atom stereocenters. The van der Waals surface area contributed by atoms with Gasteiger partial charge >= 0.3 is 0 Å². The van der Waals surface area contributed by atoms with Crippen molar-refractivity contribution < 1.29 is 14.0 Å². The number of anilines is 1. The smallest absolute Gasteiger partial charge is 0.247 e. The summed E-state index contributed by atoms with van der Waals surface area (Å²) in [6, 6.07) is 12.2. The number of halogens is 1. The Morgan fingerprint density at radius 1 is 1.27 bits per heavy atom. The zero-order valence-corrected chi connectivity index (χ0v) is 14.5. The molecule has 0 saturated carbocycles. The minimum atomic E-state index is -0.280. The molecule has 0 N–H and O–H groups in total. The van der Waals surface area contributed by atoms with Gasteiger partial charge in [-0.2, -0.15) is 0 Å². The number of aromatic nitrogens is 1. The third-order valence-corrected chi connectivity index (χ3v) is 5.09. The Balaban J connectivity index is 1.70. The first-order valence-corrected chi connectivity index (χ1v) is 8.72. The summed E-state index contributed by atoms with van der Waals surface area (Å²) in [5.74, 6) is -0.346. The van der Waals surface area contributed by atoms with Crippen molar-refractivity contribution in [1.82, 2.24) is 4.57 Å². The summed E-state index contributed by atoms with van der Waals surface area (Å²) in [7, 11) is 0. The summed E-state index contributed by atoms with van der Waals surface area (Å²) >= 11 is 0. The summed E-state index contributed by atoms with van der Waals surface area (Å²) in [5.41, 5.74) is 3.07. The van der Waals surface area contributed by atoms with Gasteiger partial charge in [-0.1, -0.05) is 18.2 Å². The fraction of sp³-hybridized carbons (Fsp3) is 0.238. The highest BCUT2D eigenvalue weighted by Crippen LogP contribution is 2.32. The fourth-order valence-electron chi connectivity index (χ4n) is 3.82. The molecule has 0 aliphatic carbocycles. The Morgan fingerprint density at radius 3 is 2.88 bits per heavy atom. The van der Waals surface area contributed by atoms with Crippen LogP contribution in [0.25, 0.3) is 10.9 Å². The van der Waals surface area contributed by atoms with Gasteiger partial charge in [0, 0.05) is 34.4 Å². The van der Waals surface area contributed by atoms with Crippen LogP contribution in [0.5, 0.6) is 0 Å². The molecule has 0 spiro atoms. The van der Waals surface area contributed by atoms with Gasteiger partial charge in [-0.3, -0.25) is 9.59 Å². The molecule has 26 heavy (non-hydrogen) atoms. The maximum Gasteiger partial charge on any atom is 0.247 e. The number of carbonyl (C=O) groups excluding carboxylic acids is 2. The zero-order valence-electron chi connectivity index (χ0n) is 14.5. The average molecular weight is 350 g/mol. The van der Waals surface area contributed by atoms with Gasteiger partial charge in [0.25, 0.3) is 0 Å². The Hall–Kier alpha value is -2.95. The van der Waals surface area contributed by atoms with E-state index < -0.39 is 0 Å². The molecule has 5 heteroatoms. The summed E-state index contributed by atoms with van der Waals surface area (Å²) in [6.45, 7) is 2.14. The first kappa shape index (κ1) is 16.5. The van der Waals surface area contributed by atoms with E-state index in [0.29, 0.717) is 5.56 Å². The molecule has 1 amide bonds. The van der Waals surface area contributed by atoms with Crippen molar-refractivity contribution in [3.8, 4) is 0 Å². The largest absolute Gasteiger partial charge is 0.337 e. The molecule has 4 rings (SSSR count). The molecule has 1 aliphatic heterocycles. The SMILES string of the molecule is C[C@@H]1CCc2cc(F)ccc2N1C(=O)Cn1cc(C=O)c2ccccc21. The monoisotopic (exact) mass is 350 g/mol. The summed E-state index contributed by atoms with van der Waals surface area (Å²) in [5, 5.41) is 0.837. The number of amides is 1. The molecule has 0 saturated heterocycles. The lowest BCUT2D eigenvalue weighted by Crippen LogP contribution is -2.43. The van der Waals surface area contributed by atoms with Crippen molar-refractivity contribution >= 4 is 28.8 Å². The van der Waals surface area contributed by atoms with E-state index in [9.17, 15) is 14.0 Å². The van der Waals surface area contributed by atoms with Gasteiger partial charge in [0.1, 0.15) is 12.4 Å². The lowest BCUT2D eigenvalue weighted by molar-refractivity contribution is -0.119. The van der Waals surface area contributed by atoms with Crippen molar-refractivity contribution in [2.45, 2.75) is 32.4 Å². The first-order chi connectivity index (χ1) is 12.6. The Bertz CT molecular complexity index is 1010. The summed E-state index contributed by atoms with van der Waals surface area (Å²) in [6.07, 6.45) is 4.09. The van der Waals surface area contributed by atoms with Crippen LogP contribution in [0, 0.1) is 5.82 Å². The second-order valence-corrected chi connectivity index (χ2v) is 6.77. The molecular formula is C21H19FN2O2. The number of aldehydes is 1. The molecule has 3 aromatic rings. The highest BCUT2D eigenvalue weighted by molar-refractivity contribution is 6.00. The maximum atomic E-state index is 13.5. The van der Waals surface area contributed by atoms with Crippen LogP contribution in [0.3, 0.4) is 0 Å². The van der Waals surface area contributed by atoms with E-state index in [0.717, 1.165) is 41.3 Å². The van der Waals surface area contributed by atoms with Crippen LogP contribution in [-0.2, 0) is 17.8 Å². The van der Waals surface area contributed by atoms with E-state index in [1.165, 1.54) is 12.1 Å². The predicted molar refractivity (Wildman–Crippen MR) is 99.0 cm³/mol. The molecule has 0 bridgehead atoms. The average Bonchev–Trinajstić information content (AvgIpc) is 2.99. The van der Waals surface area contributed by atoms with E-state index in [1.807, 2.05) is 35.8 Å². The number of para-hydroxylation sites is 1. The van der Waals surface area contributed by atoms with Crippen LogP contribution in [0.1, 0.15) is 29.3 Å². The standard InChI is InChI=1S/C21H19FN2O2/c1-14-6-7-15-10-17(22)8-9-19(15)24(14)21(26)12-23-11-16(13-25)18-4-2-3-5-20(18)23/h2-5,8-11,13-14H,6-7,12H2,1H3/t14-/m1/s1. The van der Waals surface area contributed by atoms with Gasteiger partial charge < -0.3 is 9.47 Å². The van der Waals surface area contributed by atoms with Crippen molar-refractivity contribution in [2.75, 3.05) is 4.90 Å². The maximum absolute atomic E-state index is 13.5. The van der Waals surface area contributed by atoms with Crippen LogP contribution in [0.4, 0.5) is 10.1 Å². The van der Waals surface area contributed by atoms with Crippen LogP contribution in [0.2, 0.25) is 0 Å². The van der Waals surface area contributed by atoms with Crippen molar-refractivity contribution in [3.63, 3.8) is 0 Å². The third-order valence-electron chi connectivity index (χ3n) is 5.09. The first-order valence-electron chi connectivity index (χ1n) is 8.72. The van der Waals surface area contributed by atoms with Gasteiger partial charge in [0.15, 0.2) is 6.29 Å². The van der Waals surface area contributed by atoms with Crippen LogP contribution < -0.4 is 4.90 Å². The van der Waals surface area contributed by atoms with Gasteiger partial charge in [0.2, 0.25) is 5.91 Å². The second kappa shape index (κ2) is 6.41.